The zero-order valence-electron chi connectivity index (χ0n) is 7.08. The van der Waals surface area contributed by atoms with E-state index in [1.54, 1.807) is 12.1 Å². The molecule has 0 saturated carbocycles. The summed E-state index contributed by atoms with van der Waals surface area (Å²) in [5.41, 5.74) is 2.00. The third kappa shape index (κ3) is 1.52. The highest BCUT2D eigenvalue weighted by Gasteiger charge is 2.01. The van der Waals surface area contributed by atoms with E-state index in [2.05, 4.69) is 20.9 Å². The van der Waals surface area contributed by atoms with E-state index in [4.69, 9.17) is 0 Å². The molecular formula is C10H8BrNO. The maximum absolute atomic E-state index is 9.28. The van der Waals surface area contributed by atoms with Crippen LogP contribution in [0.3, 0.4) is 0 Å². The second-order valence-electron chi connectivity index (χ2n) is 2.96. The van der Waals surface area contributed by atoms with Gasteiger partial charge in [-0.15, -0.1) is 0 Å². The number of aromatic nitrogens is 1. The molecular weight excluding hydrogens is 230 g/mol. The van der Waals surface area contributed by atoms with Crippen LogP contribution in [0.1, 0.15) is 5.56 Å². The highest BCUT2D eigenvalue weighted by molar-refractivity contribution is 9.10. The third-order valence-electron chi connectivity index (χ3n) is 1.97. The van der Waals surface area contributed by atoms with Crippen molar-refractivity contribution in [2.45, 2.75) is 6.92 Å². The molecule has 0 unspecified atom stereocenters. The SMILES string of the molecule is Cc1cc(Br)nc2ccc(O)cc12. The van der Waals surface area contributed by atoms with E-state index in [1.165, 1.54) is 0 Å². The first-order chi connectivity index (χ1) is 6.16. The van der Waals surface area contributed by atoms with Crippen LogP contribution < -0.4 is 0 Å². The molecule has 2 rings (SSSR count). The molecule has 1 aromatic heterocycles. The Morgan fingerprint density at radius 3 is 2.85 bits per heavy atom. The summed E-state index contributed by atoms with van der Waals surface area (Å²) >= 11 is 3.33. The number of aryl methyl sites for hydroxylation is 1. The number of fused-ring (bicyclic) bond motifs is 1. The van der Waals surface area contributed by atoms with Crippen molar-refractivity contribution in [1.82, 2.24) is 4.98 Å². The average molecular weight is 238 g/mol. The number of hydrogen-bond donors (Lipinski definition) is 1. The van der Waals surface area contributed by atoms with E-state index in [9.17, 15) is 5.11 Å². The van der Waals surface area contributed by atoms with Crippen LogP contribution in [0.15, 0.2) is 28.9 Å². The van der Waals surface area contributed by atoms with Gasteiger partial charge < -0.3 is 5.11 Å². The molecule has 66 valence electrons. The second-order valence-corrected chi connectivity index (χ2v) is 3.78. The van der Waals surface area contributed by atoms with Crippen molar-refractivity contribution in [3.8, 4) is 5.75 Å². The van der Waals surface area contributed by atoms with Crippen molar-refractivity contribution in [1.29, 1.82) is 0 Å². The molecule has 0 aliphatic carbocycles. The van der Waals surface area contributed by atoms with Crippen molar-refractivity contribution < 1.29 is 5.11 Å². The maximum atomic E-state index is 9.28. The Hall–Kier alpha value is -1.09. The largest absolute Gasteiger partial charge is 0.508 e. The van der Waals surface area contributed by atoms with Gasteiger partial charge in [-0.1, -0.05) is 0 Å². The van der Waals surface area contributed by atoms with Gasteiger partial charge in [0.15, 0.2) is 0 Å². The molecule has 13 heavy (non-hydrogen) atoms. The Kier molecular flexibility index (Phi) is 1.96. The van der Waals surface area contributed by atoms with E-state index in [-0.39, 0.29) is 5.75 Å². The molecule has 2 aromatic rings. The second kappa shape index (κ2) is 3.00. The maximum Gasteiger partial charge on any atom is 0.116 e. The fourth-order valence-corrected chi connectivity index (χ4v) is 1.88. The van der Waals surface area contributed by atoms with Gasteiger partial charge in [-0.05, 0) is 52.7 Å². The van der Waals surface area contributed by atoms with Gasteiger partial charge in [0, 0.05) is 5.39 Å². The molecule has 0 aliphatic heterocycles. The van der Waals surface area contributed by atoms with Crippen LogP contribution in [0, 0.1) is 6.92 Å². The van der Waals surface area contributed by atoms with Gasteiger partial charge in [-0.25, -0.2) is 4.98 Å². The van der Waals surface area contributed by atoms with Crippen LogP contribution in [-0.4, -0.2) is 10.1 Å². The van der Waals surface area contributed by atoms with Crippen LogP contribution in [0.4, 0.5) is 0 Å². The number of phenols is 1. The Morgan fingerprint density at radius 2 is 2.08 bits per heavy atom. The molecule has 1 heterocycles. The molecule has 1 aromatic carbocycles. The molecule has 0 fully saturated rings. The van der Waals surface area contributed by atoms with Crippen LogP contribution >= 0.6 is 15.9 Å². The molecule has 0 atom stereocenters. The molecule has 0 spiro atoms. The number of phenolic OH excluding ortho intramolecular Hbond substituents is 1. The van der Waals surface area contributed by atoms with Gasteiger partial charge in [0.25, 0.3) is 0 Å². The summed E-state index contributed by atoms with van der Waals surface area (Å²) in [5.74, 6) is 0.278. The monoisotopic (exact) mass is 237 g/mol. The summed E-state index contributed by atoms with van der Waals surface area (Å²) < 4.78 is 0.822. The zero-order chi connectivity index (χ0) is 9.42. The average Bonchev–Trinajstić information content (AvgIpc) is 2.06. The minimum Gasteiger partial charge on any atom is -0.508 e. The van der Waals surface area contributed by atoms with Gasteiger partial charge in [0.05, 0.1) is 5.52 Å². The van der Waals surface area contributed by atoms with E-state index in [0.717, 1.165) is 21.1 Å². The summed E-state index contributed by atoms with van der Waals surface area (Å²) in [7, 11) is 0. The summed E-state index contributed by atoms with van der Waals surface area (Å²) in [6, 6.07) is 7.11. The highest BCUT2D eigenvalue weighted by atomic mass is 79.9. The molecule has 0 radical (unpaired) electrons. The van der Waals surface area contributed by atoms with Crippen LogP contribution in [0.5, 0.6) is 5.75 Å². The van der Waals surface area contributed by atoms with Gasteiger partial charge in [-0.2, -0.15) is 0 Å². The van der Waals surface area contributed by atoms with Crippen LogP contribution in [0.25, 0.3) is 10.9 Å². The quantitative estimate of drug-likeness (QED) is 0.715. The molecule has 0 aliphatic rings. The summed E-state index contributed by atoms with van der Waals surface area (Å²) in [4.78, 5) is 4.28. The Labute approximate surface area is 84.4 Å². The van der Waals surface area contributed by atoms with Crippen LogP contribution in [0.2, 0.25) is 0 Å². The summed E-state index contributed by atoms with van der Waals surface area (Å²) in [6.45, 7) is 1.99. The van der Waals surface area contributed by atoms with E-state index >= 15 is 0 Å². The van der Waals surface area contributed by atoms with Crippen molar-refractivity contribution >= 4 is 26.8 Å². The lowest BCUT2D eigenvalue weighted by Gasteiger charge is -2.02. The number of hydrogen-bond acceptors (Lipinski definition) is 2. The first kappa shape index (κ1) is 8.51. The smallest absolute Gasteiger partial charge is 0.116 e. The molecule has 0 saturated heterocycles. The predicted octanol–water partition coefficient (Wildman–Crippen LogP) is 3.01. The number of rotatable bonds is 0. The molecule has 0 amide bonds. The van der Waals surface area contributed by atoms with Crippen molar-refractivity contribution in [3.05, 3.63) is 34.4 Å². The molecule has 3 heteroatoms. The number of pyridine rings is 1. The van der Waals surface area contributed by atoms with Gasteiger partial charge in [-0.3, -0.25) is 0 Å². The Morgan fingerprint density at radius 1 is 1.31 bits per heavy atom. The lowest BCUT2D eigenvalue weighted by atomic mass is 10.1. The first-order valence-electron chi connectivity index (χ1n) is 3.93. The van der Waals surface area contributed by atoms with E-state index in [1.807, 2.05) is 19.1 Å². The Balaban J connectivity index is 2.87. The number of aromatic hydroxyl groups is 1. The molecule has 2 nitrogen and oxygen atoms in total. The first-order valence-corrected chi connectivity index (χ1v) is 4.72. The topological polar surface area (TPSA) is 33.1 Å². The normalized spacial score (nSPS) is 10.6. The minimum absolute atomic E-state index is 0.278. The van der Waals surface area contributed by atoms with Crippen molar-refractivity contribution in [3.63, 3.8) is 0 Å². The standard InChI is InChI=1S/C10H8BrNO/c1-6-4-10(11)12-9-3-2-7(13)5-8(6)9/h2-5,13H,1H3. The fourth-order valence-electron chi connectivity index (χ4n) is 1.34. The molecule has 0 bridgehead atoms. The molecule has 1 N–H and O–H groups in total. The van der Waals surface area contributed by atoms with Gasteiger partial charge in [0.1, 0.15) is 10.4 Å². The fraction of sp³-hybridized carbons (Fsp3) is 0.100. The number of halogens is 1. The van der Waals surface area contributed by atoms with Gasteiger partial charge >= 0.3 is 0 Å². The third-order valence-corrected chi connectivity index (χ3v) is 2.37. The zero-order valence-corrected chi connectivity index (χ0v) is 8.67. The predicted molar refractivity (Wildman–Crippen MR) is 55.8 cm³/mol. The van der Waals surface area contributed by atoms with Crippen LogP contribution in [-0.2, 0) is 0 Å². The summed E-state index contributed by atoms with van der Waals surface area (Å²) in [5, 5.41) is 10.3. The van der Waals surface area contributed by atoms with Crippen molar-refractivity contribution in [2.75, 3.05) is 0 Å². The Bertz CT molecular complexity index is 468. The van der Waals surface area contributed by atoms with E-state index in [0.29, 0.717) is 0 Å². The number of benzene rings is 1. The van der Waals surface area contributed by atoms with Crippen molar-refractivity contribution in [2.24, 2.45) is 0 Å². The lowest BCUT2D eigenvalue weighted by molar-refractivity contribution is 0.476. The minimum atomic E-state index is 0.278. The van der Waals surface area contributed by atoms with E-state index < -0.39 is 0 Å². The number of nitrogens with zero attached hydrogens (tertiary/aromatic N) is 1. The summed E-state index contributed by atoms with van der Waals surface area (Å²) in [6.07, 6.45) is 0. The van der Waals surface area contributed by atoms with Gasteiger partial charge in [0.2, 0.25) is 0 Å². The lowest BCUT2D eigenvalue weighted by Crippen LogP contribution is -1.83. The highest BCUT2D eigenvalue weighted by Crippen LogP contribution is 2.23.